The van der Waals surface area contributed by atoms with E-state index in [1.54, 1.807) is 6.07 Å². The first-order chi connectivity index (χ1) is 9.17. The molecule has 0 atom stereocenters. The summed E-state index contributed by atoms with van der Waals surface area (Å²) < 4.78 is 18.5. The van der Waals surface area contributed by atoms with E-state index in [1.165, 1.54) is 12.1 Å². The van der Waals surface area contributed by atoms with Crippen LogP contribution in [-0.4, -0.2) is 44.2 Å². The van der Waals surface area contributed by atoms with Gasteiger partial charge >= 0.3 is 0 Å². The summed E-state index contributed by atoms with van der Waals surface area (Å²) in [6.45, 7) is 11.8. The van der Waals surface area contributed by atoms with Crippen LogP contribution in [0.1, 0.15) is 19.4 Å². The zero-order chi connectivity index (χ0) is 14.1. The molecule has 3 nitrogen and oxygen atoms in total. The third kappa shape index (κ3) is 6.03. The van der Waals surface area contributed by atoms with Crippen molar-refractivity contribution in [1.82, 2.24) is 10.2 Å². The Hall–Kier alpha value is -1.13. The SMILES string of the molecule is CCN(CC)CCNCCOc1ccc(F)cc1C. The number of hydrogen-bond acceptors (Lipinski definition) is 3. The van der Waals surface area contributed by atoms with Crippen LogP contribution >= 0.6 is 0 Å². The van der Waals surface area contributed by atoms with E-state index in [-0.39, 0.29) is 5.82 Å². The van der Waals surface area contributed by atoms with Crippen LogP contribution in [0.3, 0.4) is 0 Å². The van der Waals surface area contributed by atoms with Gasteiger partial charge in [-0.2, -0.15) is 0 Å². The lowest BCUT2D eigenvalue weighted by Gasteiger charge is -2.18. The molecule has 0 aliphatic carbocycles. The minimum Gasteiger partial charge on any atom is -0.492 e. The van der Waals surface area contributed by atoms with E-state index in [2.05, 4.69) is 24.1 Å². The van der Waals surface area contributed by atoms with Crippen molar-refractivity contribution in [3.05, 3.63) is 29.6 Å². The van der Waals surface area contributed by atoms with E-state index in [4.69, 9.17) is 4.74 Å². The number of halogens is 1. The predicted molar refractivity (Wildman–Crippen MR) is 77.3 cm³/mol. The maximum atomic E-state index is 12.9. The van der Waals surface area contributed by atoms with Gasteiger partial charge in [0.05, 0.1) is 0 Å². The number of nitrogens with one attached hydrogen (secondary N) is 1. The summed E-state index contributed by atoms with van der Waals surface area (Å²) >= 11 is 0. The maximum Gasteiger partial charge on any atom is 0.123 e. The largest absolute Gasteiger partial charge is 0.492 e. The van der Waals surface area contributed by atoms with Crippen LogP contribution in [0.5, 0.6) is 5.75 Å². The second kappa shape index (κ2) is 8.88. The van der Waals surface area contributed by atoms with Crippen molar-refractivity contribution in [2.24, 2.45) is 0 Å². The van der Waals surface area contributed by atoms with Gasteiger partial charge in [0.25, 0.3) is 0 Å². The Morgan fingerprint density at radius 2 is 1.95 bits per heavy atom. The number of nitrogens with zero attached hydrogens (tertiary/aromatic N) is 1. The Balaban J connectivity index is 2.14. The first kappa shape index (κ1) is 15.9. The van der Waals surface area contributed by atoms with E-state index >= 15 is 0 Å². The molecule has 0 saturated heterocycles. The monoisotopic (exact) mass is 268 g/mol. The molecule has 0 radical (unpaired) electrons. The minimum atomic E-state index is -0.220. The third-order valence-corrected chi connectivity index (χ3v) is 3.17. The van der Waals surface area contributed by atoms with Gasteiger partial charge in [-0.1, -0.05) is 13.8 Å². The Kier molecular flexibility index (Phi) is 7.45. The second-order valence-electron chi connectivity index (χ2n) is 4.54. The molecular weight excluding hydrogens is 243 g/mol. The molecule has 1 N–H and O–H groups in total. The van der Waals surface area contributed by atoms with Gasteiger partial charge in [-0.25, -0.2) is 4.39 Å². The predicted octanol–water partition coefficient (Wildman–Crippen LogP) is 2.44. The van der Waals surface area contributed by atoms with E-state index < -0.39 is 0 Å². The topological polar surface area (TPSA) is 24.5 Å². The van der Waals surface area contributed by atoms with E-state index in [0.29, 0.717) is 6.61 Å². The highest BCUT2D eigenvalue weighted by Crippen LogP contribution is 2.17. The molecule has 0 unspecified atom stereocenters. The smallest absolute Gasteiger partial charge is 0.123 e. The van der Waals surface area contributed by atoms with Crippen LogP contribution in [0.15, 0.2) is 18.2 Å². The fourth-order valence-corrected chi connectivity index (χ4v) is 1.91. The van der Waals surface area contributed by atoms with Crippen LogP contribution in [0.25, 0.3) is 0 Å². The van der Waals surface area contributed by atoms with Crippen molar-refractivity contribution in [3.8, 4) is 5.75 Å². The second-order valence-corrected chi connectivity index (χ2v) is 4.54. The molecule has 0 aliphatic rings. The molecule has 0 spiro atoms. The molecule has 0 heterocycles. The van der Waals surface area contributed by atoms with Crippen molar-refractivity contribution in [2.45, 2.75) is 20.8 Å². The fraction of sp³-hybridized carbons (Fsp3) is 0.600. The summed E-state index contributed by atoms with van der Waals surface area (Å²) in [6, 6.07) is 4.60. The number of rotatable bonds is 9. The lowest BCUT2D eigenvalue weighted by Crippen LogP contribution is -2.33. The molecule has 1 rings (SSSR count). The Morgan fingerprint density at radius 1 is 1.21 bits per heavy atom. The van der Waals surface area contributed by atoms with Crippen molar-refractivity contribution in [1.29, 1.82) is 0 Å². The zero-order valence-electron chi connectivity index (χ0n) is 12.2. The Labute approximate surface area is 115 Å². The number of likely N-dealkylation sites (N-methyl/N-ethyl adjacent to an activating group) is 1. The molecular formula is C15H25FN2O. The molecule has 0 bridgehead atoms. The van der Waals surface area contributed by atoms with E-state index in [9.17, 15) is 4.39 Å². The maximum absolute atomic E-state index is 12.9. The van der Waals surface area contributed by atoms with Gasteiger partial charge in [-0.15, -0.1) is 0 Å². The highest BCUT2D eigenvalue weighted by molar-refractivity contribution is 5.32. The molecule has 0 amide bonds. The number of hydrogen-bond donors (Lipinski definition) is 1. The molecule has 19 heavy (non-hydrogen) atoms. The lowest BCUT2D eigenvalue weighted by atomic mass is 10.2. The van der Waals surface area contributed by atoms with Gasteiger partial charge < -0.3 is 15.0 Å². The third-order valence-electron chi connectivity index (χ3n) is 3.17. The first-order valence-corrected chi connectivity index (χ1v) is 6.99. The Bertz CT molecular complexity index is 367. The molecule has 108 valence electrons. The molecule has 1 aromatic carbocycles. The average molecular weight is 268 g/mol. The summed E-state index contributed by atoms with van der Waals surface area (Å²) in [5, 5.41) is 3.34. The highest BCUT2D eigenvalue weighted by Gasteiger charge is 2.01. The van der Waals surface area contributed by atoms with Gasteiger partial charge in [0, 0.05) is 19.6 Å². The van der Waals surface area contributed by atoms with Crippen molar-refractivity contribution in [2.75, 3.05) is 39.3 Å². The summed E-state index contributed by atoms with van der Waals surface area (Å²) in [4.78, 5) is 2.37. The standard InChI is InChI=1S/C15H25FN2O/c1-4-18(5-2)10-8-17-9-11-19-15-7-6-14(16)12-13(15)3/h6-7,12,17H,4-5,8-11H2,1-3H3. The summed E-state index contributed by atoms with van der Waals surface area (Å²) in [7, 11) is 0. The summed E-state index contributed by atoms with van der Waals surface area (Å²) in [5.74, 6) is 0.536. The minimum absolute atomic E-state index is 0.220. The number of ether oxygens (including phenoxy) is 1. The fourth-order valence-electron chi connectivity index (χ4n) is 1.91. The summed E-state index contributed by atoms with van der Waals surface area (Å²) in [6.07, 6.45) is 0. The van der Waals surface area contributed by atoms with Crippen molar-refractivity contribution >= 4 is 0 Å². The van der Waals surface area contributed by atoms with Crippen LogP contribution in [0, 0.1) is 12.7 Å². The van der Waals surface area contributed by atoms with Crippen LogP contribution in [-0.2, 0) is 0 Å². The van der Waals surface area contributed by atoms with Crippen LogP contribution in [0.4, 0.5) is 4.39 Å². The molecule has 0 aromatic heterocycles. The van der Waals surface area contributed by atoms with Gasteiger partial charge in [0.1, 0.15) is 18.2 Å². The molecule has 4 heteroatoms. The van der Waals surface area contributed by atoms with Crippen molar-refractivity contribution < 1.29 is 9.13 Å². The van der Waals surface area contributed by atoms with Gasteiger partial charge in [0.15, 0.2) is 0 Å². The molecule has 0 fully saturated rings. The van der Waals surface area contributed by atoms with Gasteiger partial charge in [-0.3, -0.25) is 0 Å². The molecule has 0 saturated carbocycles. The summed E-state index contributed by atoms with van der Waals surface area (Å²) in [5.41, 5.74) is 0.836. The van der Waals surface area contributed by atoms with Crippen LogP contribution in [0.2, 0.25) is 0 Å². The van der Waals surface area contributed by atoms with Gasteiger partial charge in [-0.05, 0) is 43.8 Å². The molecule has 0 aliphatic heterocycles. The zero-order valence-corrected chi connectivity index (χ0v) is 12.2. The number of aryl methyl sites for hydroxylation is 1. The Morgan fingerprint density at radius 3 is 2.58 bits per heavy atom. The normalized spacial score (nSPS) is 11.0. The van der Waals surface area contributed by atoms with Gasteiger partial charge in [0.2, 0.25) is 0 Å². The van der Waals surface area contributed by atoms with E-state index in [0.717, 1.165) is 44.0 Å². The number of benzene rings is 1. The average Bonchev–Trinajstić information content (AvgIpc) is 2.40. The lowest BCUT2D eigenvalue weighted by molar-refractivity contribution is 0.285. The molecule has 1 aromatic rings. The quantitative estimate of drug-likeness (QED) is 0.696. The van der Waals surface area contributed by atoms with E-state index in [1.807, 2.05) is 6.92 Å². The highest BCUT2D eigenvalue weighted by atomic mass is 19.1. The van der Waals surface area contributed by atoms with Crippen LogP contribution < -0.4 is 10.1 Å². The van der Waals surface area contributed by atoms with Crippen molar-refractivity contribution in [3.63, 3.8) is 0 Å². The first-order valence-electron chi connectivity index (χ1n) is 6.99.